The van der Waals surface area contributed by atoms with E-state index >= 15 is 0 Å². The standard InChI is InChI=1S/C16H21N5O/c1-2-14(22)20-7-4-11-5-8-21(13(11)9-20)16-12-3-6-17-15(12)18-10-19-16/h3,6,10-11,13H,2,4-5,7-9H2,1H3,(H,17,18,19)/t11-,13-/m0/s1. The van der Waals surface area contributed by atoms with Crippen molar-refractivity contribution in [3.8, 4) is 0 Å². The fourth-order valence-corrected chi connectivity index (χ4v) is 3.94. The molecule has 0 radical (unpaired) electrons. The lowest BCUT2D eigenvalue weighted by Gasteiger charge is -2.39. The number of carbonyl (C=O) groups excluding carboxylic acids is 1. The van der Waals surface area contributed by atoms with Crippen LogP contribution in [0.3, 0.4) is 0 Å². The molecule has 2 aromatic rings. The summed E-state index contributed by atoms with van der Waals surface area (Å²) >= 11 is 0. The molecule has 2 aromatic heterocycles. The van der Waals surface area contributed by atoms with Crippen molar-refractivity contribution < 1.29 is 4.79 Å². The van der Waals surface area contributed by atoms with E-state index in [4.69, 9.17) is 0 Å². The third kappa shape index (κ3) is 2.05. The highest BCUT2D eigenvalue weighted by atomic mass is 16.2. The number of fused-ring (bicyclic) bond motifs is 2. The molecule has 2 saturated heterocycles. The van der Waals surface area contributed by atoms with Crippen LogP contribution in [0.2, 0.25) is 0 Å². The SMILES string of the molecule is CCC(=O)N1CC[C@H]2CCN(c3ncnc4[nH]ccc34)[C@H]2C1. The second kappa shape index (κ2) is 5.26. The molecule has 1 N–H and O–H groups in total. The molecule has 0 saturated carbocycles. The van der Waals surface area contributed by atoms with Crippen molar-refractivity contribution in [1.29, 1.82) is 0 Å². The summed E-state index contributed by atoms with van der Waals surface area (Å²) in [5.41, 5.74) is 0.880. The Morgan fingerprint density at radius 3 is 3.09 bits per heavy atom. The Labute approximate surface area is 129 Å². The number of rotatable bonds is 2. The zero-order valence-electron chi connectivity index (χ0n) is 12.8. The molecule has 1 amide bonds. The van der Waals surface area contributed by atoms with E-state index in [1.165, 1.54) is 6.42 Å². The quantitative estimate of drug-likeness (QED) is 0.918. The number of hydrogen-bond acceptors (Lipinski definition) is 4. The molecular formula is C16H21N5O. The number of piperidine rings is 1. The van der Waals surface area contributed by atoms with E-state index in [1.54, 1.807) is 6.33 Å². The van der Waals surface area contributed by atoms with Crippen LogP contribution in [0, 0.1) is 5.92 Å². The van der Waals surface area contributed by atoms with Crippen molar-refractivity contribution in [2.24, 2.45) is 5.92 Å². The number of H-pyrrole nitrogens is 1. The van der Waals surface area contributed by atoms with Crippen molar-refractivity contribution in [3.63, 3.8) is 0 Å². The van der Waals surface area contributed by atoms with Gasteiger partial charge in [0.25, 0.3) is 0 Å². The molecule has 6 nitrogen and oxygen atoms in total. The minimum atomic E-state index is 0.264. The summed E-state index contributed by atoms with van der Waals surface area (Å²) in [6.07, 6.45) is 6.42. The number of hydrogen-bond donors (Lipinski definition) is 1. The first-order valence-electron chi connectivity index (χ1n) is 8.10. The number of aromatic nitrogens is 3. The van der Waals surface area contributed by atoms with Crippen LogP contribution in [0.5, 0.6) is 0 Å². The lowest BCUT2D eigenvalue weighted by molar-refractivity contribution is -0.132. The topological polar surface area (TPSA) is 65.1 Å². The Kier molecular flexibility index (Phi) is 3.24. The minimum absolute atomic E-state index is 0.264. The van der Waals surface area contributed by atoms with Crippen LogP contribution in [0.4, 0.5) is 5.82 Å². The summed E-state index contributed by atoms with van der Waals surface area (Å²) < 4.78 is 0. The Hall–Kier alpha value is -2.11. The number of likely N-dealkylation sites (tertiary alicyclic amines) is 1. The third-order valence-corrected chi connectivity index (χ3v) is 5.12. The normalized spacial score (nSPS) is 24.8. The summed E-state index contributed by atoms with van der Waals surface area (Å²) in [5, 5.41) is 1.07. The van der Waals surface area contributed by atoms with Crippen LogP contribution in [0.1, 0.15) is 26.2 Å². The maximum atomic E-state index is 12.0. The fourth-order valence-electron chi connectivity index (χ4n) is 3.94. The summed E-state index contributed by atoms with van der Waals surface area (Å²) in [5.74, 6) is 1.94. The van der Waals surface area contributed by atoms with Crippen LogP contribution in [0.25, 0.3) is 11.0 Å². The lowest BCUT2D eigenvalue weighted by atomic mass is 9.92. The Morgan fingerprint density at radius 1 is 1.36 bits per heavy atom. The van der Waals surface area contributed by atoms with E-state index in [1.807, 2.05) is 24.1 Å². The van der Waals surface area contributed by atoms with Gasteiger partial charge in [-0.15, -0.1) is 0 Å². The molecule has 116 valence electrons. The van der Waals surface area contributed by atoms with Gasteiger partial charge in [0.2, 0.25) is 5.91 Å². The molecule has 0 spiro atoms. The minimum Gasteiger partial charge on any atom is -0.351 e. The average molecular weight is 299 g/mol. The van der Waals surface area contributed by atoms with E-state index in [0.29, 0.717) is 18.4 Å². The second-order valence-electron chi connectivity index (χ2n) is 6.23. The molecule has 4 rings (SSSR count). The maximum Gasteiger partial charge on any atom is 0.222 e. The van der Waals surface area contributed by atoms with Crippen molar-refractivity contribution in [1.82, 2.24) is 19.9 Å². The first-order valence-corrected chi connectivity index (χ1v) is 8.10. The van der Waals surface area contributed by atoms with Gasteiger partial charge in [0.1, 0.15) is 17.8 Å². The number of nitrogens with one attached hydrogen (secondary N) is 1. The highest BCUT2D eigenvalue weighted by molar-refractivity contribution is 5.87. The van der Waals surface area contributed by atoms with Crippen LogP contribution in [-0.4, -0.2) is 51.4 Å². The largest absolute Gasteiger partial charge is 0.351 e. The molecule has 4 heterocycles. The van der Waals surface area contributed by atoms with Gasteiger partial charge in [-0.25, -0.2) is 9.97 Å². The van der Waals surface area contributed by atoms with Crippen LogP contribution in [-0.2, 0) is 4.79 Å². The van der Waals surface area contributed by atoms with E-state index in [9.17, 15) is 4.79 Å². The van der Waals surface area contributed by atoms with Gasteiger partial charge in [-0.2, -0.15) is 0 Å². The predicted octanol–water partition coefficient (Wildman–Crippen LogP) is 1.80. The van der Waals surface area contributed by atoms with E-state index in [-0.39, 0.29) is 5.91 Å². The summed E-state index contributed by atoms with van der Waals surface area (Å²) in [6, 6.07) is 2.42. The number of aromatic amines is 1. The molecule has 2 aliphatic heterocycles. The third-order valence-electron chi connectivity index (χ3n) is 5.12. The highest BCUT2D eigenvalue weighted by Crippen LogP contribution is 2.36. The number of amides is 1. The van der Waals surface area contributed by atoms with Crippen molar-refractivity contribution in [2.75, 3.05) is 24.5 Å². The van der Waals surface area contributed by atoms with Gasteiger partial charge in [-0.1, -0.05) is 6.92 Å². The predicted molar refractivity (Wildman–Crippen MR) is 84.6 cm³/mol. The van der Waals surface area contributed by atoms with E-state index in [0.717, 1.165) is 42.9 Å². The van der Waals surface area contributed by atoms with Crippen molar-refractivity contribution in [3.05, 3.63) is 18.6 Å². The van der Waals surface area contributed by atoms with Crippen LogP contribution < -0.4 is 4.90 Å². The number of nitrogens with zero attached hydrogens (tertiary/aromatic N) is 4. The molecule has 2 fully saturated rings. The smallest absolute Gasteiger partial charge is 0.222 e. The van der Waals surface area contributed by atoms with Crippen LogP contribution >= 0.6 is 0 Å². The zero-order chi connectivity index (χ0) is 15.1. The average Bonchev–Trinajstić information content (AvgIpc) is 3.19. The van der Waals surface area contributed by atoms with Crippen LogP contribution in [0.15, 0.2) is 18.6 Å². The number of carbonyl (C=O) groups is 1. The summed E-state index contributed by atoms with van der Waals surface area (Å²) in [6.45, 7) is 4.69. The Balaban J connectivity index is 1.65. The van der Waals surface area contributed by atoms with E-state index < -0.39 is 0 Å². The fraction of sp³-hybridized carbons (Fsp3) is 0.562. The van der Waals surface area contributed by atoms with Gasteiger partial charge < -0.3 is 14.8 Å². The molecule has 0 aliphatic carbocycles. The van der Waals surface area contributed by atoms with Gasteiger partial charge in [0, 0.05) is 32.3 Å². The Morgan fingerprint density at radius 2 is 2.23 bits per heavy atom. The molecule has 22 heavy (non-hydrogen) atoms. The zero-order valence-corrected chi connectivity index (χ0v) is 12.8. The maximum absolute atomic E-state index is 12.0. The molecule has 2 aliphatic rings. The van der Waals surface area contributed by atoms with Gasteiger partial charge >= 0.3 is 0 Å². The molecule has 0 unspecified atom stereocenters. The number of anilines is 1. The van der Waals surface area contributed by atoms with Gasteiger partial charge in [0.15, 0.2) is 0 Å². The second-order valence-corrected chi connectivity index (χ2v) is 6.23. The summed E-state index contributed by atoms with van der Waals surface area (Å²) in [4.78, 5) is 28.4. The Bertz CT molecular complexity index is 697. The molecule has 0 aromatic carbocycles. The van der Waals surface area contributed by atoms with Crippen molar-refractivity contribution >= 4 is 22.8 Å². The molecule has 2 atom stereocenters. The highest BCUT2D eigenvalue weighted by Gasteiger charge is 2.40. The van der Waals surface area contributed by atoms with Gasteiger partial charge in [-0.05, 0) is 24.8 Å². The van der Waals surface area contributed by atoms with Crippen molar-refractivity contribution in [2.45, 2.75) is 32.2 Å². The first-order chi connectivity index (χ1) is 10.8. The summed E-state index contributed by atoms with van der Waals surface area (Å²) in [7, 11) is 0. The van der Waals surface area contributed by atoms with Gasteiger partial charge in [-0.3, -0.25) is 4.79 Å². The monoisotopic (exact) mass is 299 g/mol. The lowest BCUT2D eigenvalue weighted by Crippen LogP contribution is -2.50. The molecule has 6 heteroatoms. The first kappa shape index (κ1) is 13.5. The van der Waals surface area contributed by atoms with Gasteiger partial charge in [0.05, 0.1) is 11.4 Å². The van der Waals surface area contributed by atoms with E-state index in [2.05, 4.69) is 19.9 Å². The molecule has 0 bridgehead atoms. The molecular weight excluding hydrogens is 278 g/mol.